The van der Waals surface area contributed by atoms with Crippen LogP contribution in [0.1, 0.15) is 36.0 Å². The second kappa shape index (κ2) is 6.48. The third-order valence-electron chi connectivity index (χ3n) is 3.57. The second-order valence-electron chi connectivity index (χ2n) is 4.83. The van der Waals surface area contributed by atoms with Gasteiger partial charge in [-0.05, 0) is 60.3 Å². The summed E-state index contributed by atoms with van der Waals surface area (Å²) >= 11 is 3.12. The van der Waals surface area contributed by atoms with Crippen LogP contribution < -0.4 is 5.73 Å². The van der Waals surface area contributed by atoms with Crippen LogP contribution in [0.5, 0.6) is 0 Å². The van der Waals surface area contributed by atoms with Gasteiger partial charge in [-0.2, -0.15) is 0 Å². The number of hydrogen-bond donors (Lipinski definition) is 1. The van der Waals surface area contributed by atoms with E-state index in [1.165, 1.54) is 6.07 Å². The van der Waals surface area contributed by atoms with Crippen molar-refractivity contribution in [3.63, 3.8) is 0 Å². The lowest BCUT2D eigenvalue weighted by Crippen LogP contribution is -2.44. The maximum Gasteiger partial charge on any atom is 0.257 e. The summed E-state index contributed by atoms with van der Waals surface area (Å²) < 4.78 is 14.3. The van der Waals surface area contributed by atoms with Gasteiger partial charge in [0, 0.05) is 12.6 Å². The molecule has 1 saturated heterocycles. The smallest absolute Gasteiger partial charge is 0.257 e. The number of carbonyl (C=O) groups is 1. The summed E-state index contributed by atoms with van der Waals surface area (Å²) in [6, 6.07) is 4.96. The Kier molecular flexibility index (Phi) is 4.93. The Hall–Kier alpha value is -0.940. The number of nitrogens with zero attached hydrogens (tertiary/aromatic N) is 1. The molecule has 2 rings (SSSR count). The van der Waals surface area contributed by atoms with Crippen molar-refractivity contribution in [2.75, 3.05) is 13.1 Å². The fourth-order valence-electron chi connectivity index (χ4n) is 2.58. The molecule has 3 nitrogen and oxygen atoms in total. The third-order valence-corrected chi connectivity index (χ3v) is 4.18. The van der Waals surface area contributed by atoms with E-state index in [1.54, 1.807) is 17.0 Å². The highest BCUT2D eigenvalue weighted by molar-refractivity contribution is 9.10. The van der Waals surface area contributed by atoms with Crippen molar-refractivity contribution in [2.45, 2.75) is 31.7 Å². The van der Waals surface area contributed by atoms with Crippen LogP contribution >= 0.6 is 15.9 Å². The molecule has 19 heavy (non-hydrogen) atoms. The number of nitrogens with two attached hydrogens (primary N) is 1. The predicted molar refractivity (Wildman–Crippen MR) is 76.4 cm³/mol. The number of benzene rings is 1. The first kappa shape index (κ1) is 14.5. The van der Waals surface area contributed by atoms with Crippen molar-refractivity contribution in [2.24, 2.45) is 5.73 Å². The average Bonchev–Trinajstić information content (AvgIpc) is 2.42. The van der Waals surface area contributed by atoms with Crippen LogP contribution in [0, 0.1) is 5.82 Å². The van der Waals surface area contributed by atoms with E-state index in [2.05, 4.69) is 15.9 Å². The highest BCUT2D eigenvalue weighted by Gasteiger charge is 2.28. The molecule has 0 aromatic heterocycles. The molecule has 1 aromatic rings. The zero-order valence-electron chi connectivity index (χ0n) is 10.7. The lowest BCUT2D eigenvalue weighted by Gasteiger charge is -2.35. The molecule has 0 saturated carbocycles. The van der Waals surface area contributed by atoms with Crippen molar-refractivity contribution in [3.8, 4) is 0 Å². The number of hydrogen-bond acceptors (Lipinski definition) is 2. The monoisotopic (exact) mass is 328 g/mol. The van der Waals surface area contributed by atoms with Gasteiger partial charge in [0.15, 0.2) is 0 Å². The van der Waals surface area contributed by atoms with Gasteiger partial charge in [0.25, 0.3) is 5.91 Å². The predicted octanol–water partition coefficient (Wildman–Crippen LogP) is 2.93. The number of carbonyl (C=O) groups excluding carboxylic acids is 1. The van der Waals surface area contributed by atoms with Crippen LogP contribution in [0.25, 0.3) is 0 Å². The van der Waals surface area contributed by atoms with Gasteiger partial charge < -0.3 is 10.6 Å². The van der Waals surface area contributed by atoms with Gasteiger partial charge in [-0.3, -0.25) is 4.79 Å². The van der Waals surface area contributed by atoms with E-state index in [1.807, 2.05) is 0 Å². The standard InChI is InChI=1S/C14H18BrFN2O/c15-12-6-3-5-11(13(12)16)14(19)18-9-2-1-4-10(18)7-8-17/h3,5-6,10H,1-2,4,7-9,17H2. The van der Waals surface area contributed by atoms with Crippen molar-refractivity contribution in [1.82, 2.24) is 4.90 Å². The summed E-state index contributed by atoms with van der Waals surface area (Å²) in [5.74, 6) is -0.707. The molecule has 1 fully saturated rings. The number of rotatable bonds is 3. The quantitative estimate of drug-likeness (QED) is 0.927. The van der Waals surface area contributed by atoms with Gasteiger partial charge in [0.1, 0.15) is 5.82 Å². The first-order chi connectivity index (χ1) is 9.15. The first-order valence-electron chi connectivity index (χ1n) is 6.60. The summed E-state index contributed by atoms with van der Waals surface area (Å²) in [5, 5.41) is 0. The van der Waals surface area contributed by atoms with Crippen molar-refractivity contribution in [3.05, 3.63) is 34.1 Å². The van der Waals surface area contributed by atoms with Crippen LogP contribution in [-0.2, 0) is 0 Å². The SMILES string of the molecule is NCCC1CCCCN1C(=O)c1cccc(Br)c1F. The molecule has 2 N–H and O–H groups in total. The molecule has 1 aromatic carbocycles. The summed E-state index contributed by atoms with van der Waals surface area (Å²) in [6.45, 7) is 1.24. The van der Waals surface area contributed by atoms with Gasteiger partial charge in [-0.25, -0.2) is 4.39 Å². The maximum atomic E-state index is 14.0. The van der Waals surface area contributed by atoms with E-state index < -0.39 is 5.82 Å². The molecule has 1 atom stereocenters. The van der Waals surface area contributed by atoms with Crippen LogP contribution in [-0.4, -0.2) is 29.9 Å². The van der Waals surface area contributed by atoms with Gasteiger partial charge in [0.05, 0.1) is 10.0 Å². The lowest BCUT2D eigenvalue weighted by molar-refractivity contribution is 0.0600. The molecule has 5 heteroatoms. The maximum absolute atomic E-state index is 14.0. The Morgan fingerprint density at radius 3 is 3.00 bits per heavy atom. The van der Waals surface area contributed by atoms with Crippen molar-refractivity contribution in [1.29, 1.82) is 0 Å². The fourth-order valence-corrected chi connectivity index (χ4v) is 2.95. The minimum absolute atomic E-state index is 0.137. The Morgan fingerprint density at radius 2 is 2.26 bits per heavy atom. The minimum atomic E-state index is -0.482. The number of halogens is 2. The van der Waals surface area contributed by atoms with Gasteiger partial charge in [0.2, 0.25) is 0 Å². The van der Waals surface area contributed by atoms with E-state index in [0.717, 1.165) is 25.7 Å². The number of likely N-dealkylation sites (tertiary alicyclic amines) is 1. The zero-order valence-corrected chi connectivity index (χ0v) is 12.3. The lowest BCUT2D eigenvalue weighted by atomic mass is 9.98. The highest BCUT2D eigenvalue weighted by atomic mass is 79.9. The van der Waals surface area contributed by atoms with E-state index in [-0.39, 0.29) is 17.5 Å². The summed E-state index contributed by atoms with van der Waals surface area (Å²) in [5.41, 5.74) is 5.73. The third kappa shape index (κ3) is 3.15. The zero-order chi connectivity index (χ0) is 13.8. The van der Waals surface area contributed by atoms with E-state index in [0.29, 0.717) is 17.6 Å². The number of amides is 1. The van der Waals surface area contributed by atoms with E-state index >= 15 is 0 Å². The highest BCUT2D eigenvalue weighted by Crippen LogP contribution is 2.25. The Balaban J connectivity index is 2.23. The van der Waals surface area contributed by atoms with E-state index in [9.17, 15) is 9.18 Å². The minimum Gasteiger partial charge on any atom is -0.336 e. The molecule has 0 spiro atoms. The van der Waals surface area contributed by atoms with Crippen LogP contribution in [0.2, 0.25) is 0 Å². The molecular formula is C14H18BrFN2O. The summed E-state index contributed by atoms with van der Waals surface area (Å²) in [4.78, 5) is 14.3. The molecule has 0 aliphatic carbocycles. The number of piperidine rings is 1. The Morgan fingerprint density at radius 1 is 1.47 bits per heavy atom. The van der Waals surface area contributed by atoms with Gasteiger partial charge >= 0.3 is 0 Å². The van der Waals surface area contributed by atoms with Crippen LogP contribution in [0.3, 0.4) is 0 Å². The second-order valence-corrected chi connectivity index (χ2v) is 5.68. The molecule has 1 heterocycles. The fraction of sp³-hybridized carbons (Fsp3) is 0.500. The molecule has 104 valence electrons. The van der Waals surface area contributed by atoms with Gasteiger partial charge in [-0.15, -0.1) is 0 Å². The average molecular weight is 329 g/mol. The van der Waals surface area contributed by atoms with E-state index in [4.69, 9.17) is 5.73 Å². The molecular weight excluding hydrogens is 311 g/mol. The molecule has 1 aliphatic heterocycles. The van der Waals surface area contributed by atoms with Crippen LogP contribution in [0.15, 0.2) is 22.7 Å². The molecule has 1 aliphatic rings. The normalized spacial score (nSPS) is 19.5. The molecule has 1 unspecified atom stereocenters. The molecule has 0 bridgehead atoms. The molecule has 1 amide bonds. The molecule has 0 radical (unpaired) electrons. The van der Waals surface area contributed by atoms with Crippen molar-refractivity contribution < 1.29 is 9.18 Å². The first-order valence-corrected chi connectivity index (χ1v) is 7.39. The van der Waals surface area contributed by atoms with Crippen molar-refractivity contribution >= 4 is 21.8 Å². The Labute approximate surface area is 121 Å². The Bertz CT molecular complexity index is 465. The largest absolute Gasteiger partial charge is 0.336 e. The summed E-state index contributed by atoms with van der Waals surface area (Å²) in [7, 11) is 0. The van der Waals surface area contributed by atoms with Crippen LogP contribution in [0.4, 0.5) is 4.39 Å². The topological polar surface area (TPSA) is 46.3 Å². The van der Waals surface area contributed by atoms with Gasteiger partial charge in [-0.1, -0.05) is 6.07 Å². The summed E-state index contributed by atoms with van der Waals surface area (Å²) in [6.07, 6.45) is 3.82.